The zero-order chi connectivity index (χ0) is 13.9. The normalized spacial score (nSPS) is 20.9. The minimum absolute atomic E-state index is 0.186. The number of halogens is 3. The molecule has 1 aliphatic heterocycles. The van der Waals surface area contributed by atoms with Crippen LogP contribution in [0.3, 0.4) is 0 Å². The first kappa shape index (κ1) is 14.2. The Morgan fingerprint density at radius 2 is 2.00 bits per heavy atom. The lowest BCUT2D eigenvalue weighted by molar-refractivity contribution is -0.138. The van der Waals surface area contributed by atoms with Gasteiger partial charge in [-0.2, -0.15) is 13.2 Å². The summed E-state index contributed by atoms with van der Waals surface area (Å²) in [5.41, 5.74) is 0.217. The van der Waals surface area contributed by atoms with Gasteiger partial charge in [0.05, 0.1) is 5.56 Å². The fourth-order valence-corrected chi connectivity index (χ4v) is 2.30. The molecule has 0 aromatic heterocycles. The number of hydrogen-bond donors (Lipinski definition) is 1. The highest BCUT2D eigenvalue weighted by atomic mass is 19.4. The Morgan fingerprint density at radius 3 is 2.74 bits per heavy atom. The van der Waals surface area contributed by atoms with E-state index in [1.807, 2.05) is 0 Å². The first-order valence-electron chi connectivity index (χ1n) is 6.49. The SMILES string of the molecule is Cc1ccc(NC2CCCOCC2)cc1C(F)(F)F. The molecule has 5 heteroatoms. The van der Waals surface area contributed by atoms with Gasteiger partial charge < -0.3 is 10.1 Å². The summed E-state index contributed by atoms with van der Waals surface area (Å²) in [5, 5.41) is 3.18. The Morgan fingerprint density at radius 1 is 1.21 bits per heavy atom. The van der Waals surface area contributed by atoms with Crippen LogP contribution in [0.15, 0.2) is 18.2 Å². The van der Waals surface area contributed by atoms with Gasteiger partial charge in [0.1, 0.15) is 0 Å². The van der Waals surface area contributed by atoms with Gasteiger partial charge in [0.25, 0.3) is 0 Å². The summed E-state index contributed by atoms with van der Waals surface area (Å²) in [5.74, 6) is 0. The monoisotopic (exact) mass is 273 g/mol. The van der Waals surface area contributed by atoms with Crippen molar-refractivity contribution in [3.8, 4) is 0 Å². The Balaban J connectivity index is 2.12. The van der Waals surface area contributed by atoms with E-state index < -0.39 is 11.7 Å². The summed E-state index contributed by atoms with van der Waals surface area (Å²) in [6.45, 7) is 2.88. The van der Waals surface area contributed by atoms with E-state index >= 15 is 0 Å². The van der Waals surface area contributed by atoms with Crippen molar-refractivity contribution in [2.75, 3.05) is 18.5 Å². The van der Waals surface area contributed by atoms with Crippen molar-refractivity contribution in [2.24, 2.45) is 0 Å². The van der Waals surface area contributed by atoms with Gasteiger partial charge in [0.15, 0.2) is 0 Å². The molecule has 1 aliphatic rings. The van der Waals surface area contributed by atoms with Gasteiger partial charge in [-0.25, -0.2) is 0 Å². The van der Waals surface area contributed by atoms with Gasteiger partial charge in [-0.05, 0) is 43.9 Å². The molecule has 1 aromatic carbocycles. The first-order valence-corrected chi connectivity index (χ1v) is 6.49. The second kappa shape index (κ2) is 5.82. The van der Waals surface area contributed by atoms with E-state index in [0.717, 1.165) is 25.9 Å². The molecule has 0 radical (unpaired) electrons. The molecule has 1 N–H and O–H groups in total. The molecule has 0 amide bonds. The summed E-state index contributed by atoms with van der Waals surface area (Å²) in [4.78, 5) is 0. The predicted octanol–water partition coefficient (Wildman–Crippen LogP) is 3.99. The molecule has 1 fully saturated rings. The molecule has 1 atom stereocenters. The maximum absolute atomic E-state index is 12.8. The van der Waals surface area contributed by atoms with Crippen molar-refractivity contribution in [2.45, 2.75) is 38.4 Å². The van der Waals surface area contributed by atoms with Crippen LogP contribution in [0.4, 0.5) is 18.9 Å². The predicted molar refractivity (Wildman–Crippen MR) is 68.3 cm³/mol. The molecule has 2 nitrogen and oxygen atoms in total. The van der Waals surface area contributed by atoms with Crippen LogP contribution in [-0.2, 0) is 10.9 Å². The van der Waals surface area contributed by atoms with Gasteiger partial charge >= 0.3 is 6.18 Å². The van der Waals surface area contributed by atoms with Crippen LogP contribution >= 0.6 is 0 Å². The second-order valence-corrected chi connectivity index (χ2v) is 4.91. The van der Waals surface area contributed by atoms with Crippen LogP contribution in [0.1, 0.15) is 30.4 Å². The zero-order valence-electron chi connectivity index (χ0n) is 10.9. The highest BCUT2D eigenvalue weighted by Crippen LogP contribution is 2.33. The summed E-state index contributed by atoms with van der Waals surface area (Å²) in [6, 6.07) is 4.60. The van der Waals surface area contributed by atoms with Gasteiger partial charge in [-0.15, -0.1) is 0 Å². The molecular formula is C14H18F3NO. The number of rotatable bonds is 2. The molecule has 0 spiro atoms. The number of nitrogens with one attached hydrogen (secondary N) is 1. The standard InChI is InChI=1S/C14H18F3NO/c1-10-4-5-12(9-13(10)14(15,16)17)18-11-3-2-7-19-8-6-11/h4-5,9,11,18H,2-3,6-8H2,1H3. The lowest BCUT2D eigenvalue weighted by Crippen LogP contribution is -2.20. The van der Waals surface area contributed by atoms with Crippen LogP contribution in [0.25, 0.3) is 0 Å². The first-order chi connectivity index (χ1) is 8.97. The maximum Gasteiger partial charge on any atom is 0.416 e. The smallest absolute Gasteiger partial charge is 0.382 e. The third kappa shape index (κ3) is 3.86. The molecular weight excluding hydrogens is 255 g/mol. The summed E-state index contributed by atoms with van der Waals surface area (Å²) >= 11 is 0. The van der Waals surface area contributed by atoms with Gasteiger partial charge in [-0.1, -0.05) is 6.07 Å². The van der Waals surface area contributed by atoms with Crippen LogP contribution < -0.4 is 5.32 Å². The molecule has 0 bridgehead atoms. The molecule has 1 saturated heterocycles. The third-order valence-electron chi connectivity index (χ3n) is 3.37. The quantitative estimate of drug-likeness (QED) is 0.879. The van der Waals surface area contributed by atoms with E-state index in [0.29, 0.717) is 12.3 Å². The molecule has 19 heavy (non-hydrogen) atoms. The second-order valence-electron chi connectivity index (χ2n) is 4.91. The van der Waals surface area contributed by atoms with Gasteiger partial charge in [0, 0.05) is 24.9 Å². The minimum Gasteiger partial charge on any atom is -0.382 e. The largest absolute Gasteiger partial charge is 0.416 e. The molecule has 0 saturated carbocycles. The molecule has 106 valence electrons. The fraction of sp³-hybridized carbons (Fsp3) is 0.571. The number of hydrogen-bond acceptors (Lipinski definition) is 2. The van der Waals surface area contributed by atoms with Crippen molar-refractivity contribution < 1.29 is 17.9 Å². The Kier molecular flexibility index (Phi) is 4.34. The molecule has 2 rings (SSSR count). The summed E-state index contributed by atoms with van der Waals surface area (Å²) in [7, 11) is 0. The summed E-state index contributed by atoms with van der Waals surface area (Å²) < 4.78 is 43.8. The zero-order valence-corrected chi connectivity index (χ0v) is 10.9. The Hall–Kier alpha value is -1.23. The fourth-order valence-electron chi connectivity index (χ4n) is 2.30. The average Bonchev–Trinajstić information content (AvgIpc) is 2.59. The van der Waals surface area contributed by atoms with Crippen molar-refractivity contribution in [3.05, 3.63) is 29.3 Å². The topological polar surface area (TPSA) is 21.3 Å². The average molecular weight is 273 g/mol. The minimum atomic E-state index is -4.30. The lowest BCUT2D eigenvalue weighted by Gasteiger charge is -2.19. The van der Waals surface area contributed by atoms with Gasteiger partial charge in [-0.3, -0.25) is 0 Å². The Bertz CT molecular complexity index is 423. The summed E-state index contributed by atoms with van der Waals surface area (Å²) in [6.07, 6.45) is -1.60. The van der Waals surface area contributed by atoms with Crippen molar-refractivity contribution in [3.63, 3.8) is 0 Å². The van der Waals surface area contributed by atoms with Crippen molar-refractivity contribution >= 4 is 5.69 Å². The van der Waals surface area contributed by atoms with Crippen molar-refractivity contribution in [1.82, 2.24) is 0 Å². The highest BCUT2D eigenvalue weighted by Gasteiger charge is 2.32. The van der Waals surface area contributed by atoms with Gasteiger partial charge in [0.2, 0.25) is 0 Å². The number of aryl methyl sites for hydroxylation is 1. The van der Waals surface area contributed by atoms with E-state index in [1.165, 1.54) is 19.1 Å². The number of alkyl halides is 3. The molecule has 1 aromatic rings. The third-order valence-corrected chi connectivity index (χ3v) is 3.37. The number of anilines is 1. The van der Waals surface area contributed by atoms with Crippen LogP contribution in [-0.4, -0.2) is 19.3 Å². The van der Waals surface area contributed by atoms with Crippen LogP contribution in [0.5, 0.6) is 0 Å². The van der Waals surface area contributed by atoms with E-state index in [9.17, 15) is 13.2 Å². The molecule has 0 aliphatic carbocycles. The molecule has 1 unspecified atom stereocenters. The molecule has 1 heterocycles. The van der Waals surface area contributed by atoms with Crippen LogP contribution in [0, 0.1) is 6.92 Å². The lowest BCUT2D eigenvalue weighted by atomic mass is 10.1. The number of ether oxygens (including phenoxy) is 1. The van der Waals surface area contributed by atoms with E-state index in [2.05, 4.69) is 5.32 Å². The maximum atomic E-state index is 12.8. The van der Waals surface area contributed by atoms with Crippen molar-refractivity contribution in [1.29, 1.82) is 0 Å². The van der Waals surface area contributed by atoms with E-state index in [-0.39, 0.29) is 11.6 Å². The highest BCUT2D eigenvalue weighted by molar-refractivity contribution is 5.50. The number of benzene rings is 1. The van der Waals surface area contributed by atoms with Crippen LogP contribution in [0.2, 0.25) is 0 Å². The Labute approximate surface area is 111 Å². The van der Waals surface area contributed by atoms with E-state index in [4.69, 9.17) is 4.74 Å². The van der Waals surface area contributed by atoms with E-state index in [1.54, 1.807) is 6.07 Å².